The van der Waals surface area contributed by atoms with Crippen LogP contribution in [0.5, 0.6) is 0 Å². The van der Waals surface area contributed by atoms with Crippen molar-refractivity contribution in [1.29, 1.82) is 5.26 Å². The second-order valence-corrected chi connectivity index (χ2v) is 6.75. The summed E-state index contributed by atoms with van der Waals surface area (Å²) in [5.41, 5.74) is -0.122. The molecule has 0 aromatic heterocycles. The first-order valence-electron chi connectivity index (χ1n) is 6.47. The normalized spacial score (nSPS) is 27.7. The molecule has 2 saturated carbocycles. The number of nitrogens with one attached hydrogen (secondary N) is 1. The van der Waals surface area contributed by atoms with E-state index in [9.17, 15) is 4.79 Å². The van der Waals surface area contributed by atoms with Crippen molar-refractivity contribution in [2.45, 2.75) is 47.0 Å². The number of nitrogens with zero attached hydrogens (tertiary/aromatic N) is 1. The fourth-order valence-electron chi connectivity index (χ4n) is 3.13. The van der Waals surface area contributed by atoms with Crippen LogP contribution in [0.4, 0.5) is 0 Å². The second-order valence-electron chi connectivity index (χ2n) is 6.75. The monoisotopic (exact) mass is 234 g/mol. The molecule has 0 heterocycles. The molecule has 0 aliphatic heterocycles. The van der Waals surface area contributed by atoms with Gasteiger partial charge in [-0.15, -0.1) is 0 Å². The molecule has 0 aromatic carbocycles. The Balaban J connectivity index is 1.89. The zero-order valence-electron chi connectivity index (χ0n) is 11.3. The summed E-state index contributed by atoms with van der Waals surface area (Å²) >= 11 is 0. The largest absolute Gasteiger partial charge is 0.354 e. The Bertz CT molecular complexity index is 372. The zero-order chi connectivity index (χ0) is 12.9. The van der Waals surface area contributed by atoms with Gasteiger partial charge >= 0.3 is 0 Å². The summed E-state index contributed by atoms with van der Waals surface area (Å²) in [7, 11) is 0. The lowest BCUT2D eigenvalue weighted by atomic mass is 9.69. The molecule has 0 unspecified atom stereocenters. The molecule has 0 saturated heterocycles. The van der Waals surface area contributed by atoms with Crippen molar-refractivity contribution in [2.75, 3.05) is 6.54 Å². The van der Waals surface area contributed by atoms with E-state index in [1.807, 2.05) is 0 Å². The average molecular weight is 234 g/mol. The highest BCUT2D eigenvalue weighted by atomic mass is 16.2. The fraction of sp³-hybridized carbons (Fsp3) is 0.857. The van der Waals surface area contributed by atoms with Crippen molar-refractivity contribution in [2.24, 2.45) is 22.2 Å². The van der Waals surface area contributed by atoms with Crippen molar-refractivity contribution >= 4 is 5.91 Å². The van der Waals surface area contributed by atoms with E-state index in [0.717, 1.165) is 19.3 Å². The number of rotatable bonds is 3. The van der Waals surface area contributed by atoms with Crippen LogP contribution in [0.2, 0.25) is 0 Å². The van der Waals surface area contributed by atoms with Gasteiger partial charge in [-0.05, 0) is 36.0 Å². The first kappa shape index (κ1) is 12.4. The van der Waals surface area contributed by atoms with E-state index < -0.39 is 5.41 Å². The average Bonchev–Trinajstić information content (AvgIpc) is 2.54. The molecule has 0 bridgehead atoms. The lowest BCUT2D eigenvalue weighted by Gasteiger charge is -2.33. The number of carbonyl (C=O) groups excluding carboxylic acids is 1. The molecule has 0 radical (unpaired) electrons. The van der Waals surface area contributed by atoms with Crippen LogP contribution in [0.3, 0.4) is 0 Å². The molecule has 1 amide bonds. The highest BCUT2D eigenvalue weighted by Gasteiger charge is 2.64. The highest BCUT2D eigenvalue weighted by Crippen LogP contribution is 2.67. The van der Waals surface area contributed by atoms with Crippen molar-refractivity contribution in [3.05, 3.63) is 0 Å². The third-order valence-electron chi connectivity index (χ3n) is 5.64. The fourth-order valence-corrected chi connectivity index (χ4v) is 3.13. The summed E-state index contributed by atoms with van der Waals surface area (Å²) < 4.78 is 0. The van der Waals surface area contributed by atoms with Crippen LogP contribution in [0.1, 0.15) is 47.0 Å². The third kappa shape index (κ3) is 1.57. The lowest BCUT2D eigenvalue weighted by Crippen LogP contribution is -2.45. The van der Waals surface area contributed by atoms with Crippen LogP contribution in [-0.2, 0) is 4.79 Å². The Morgan fingerprint density at radius 2 is 1.82 bits per heavy atom. The summed E-state index contributed by atoms with van der Waals surface area (Å²) in [4.78, 5) is 12.0. The van der Waals surface area contributed by atoms with E-state index in [0.29, 0.717) is 23.3 Å². The topological polar surface area (TPSA) is 52.9 Å². The predicted molar refractivity (Wildman–Crippen MR) is 66.0 cm³/mol. The Labute approximate surface area is 104 Å². The summed E-state index contributed by atoms with van der Waals surface area (Å²) in [6.07, 6.45) is 2.46. The minimum atomic E-state index is -0.705. The van der Waals surface area contributed by atoms with E-state index in [1.165, 1.54) is 0 Å². The molecule has 2 rings (SSSR count). The van der Waals surface area contributed by atoms with Crippen LogP contribution >= 0.6 is 0 Å². The van der Waals surface area contributed by atoms with Gasteiger partial charge < -0.3 is 5.32 Å². The maximum Gasteiger partial charge on any atom is 0.240 e. The summed E-state index contributed by atoms with van der Waals surface area (Å²) in [6, 6.07) is 2.19. The third-order valence-corrected chi connectivity index (χ3v) is 5.64. The number of carbonyl (C=O) groups is 1. The van der Waals surface area contributed by atoms with Crippen molar-refractivity contribution in [3.8, 4) is 6.07 Å². The Morgan fingerprint density at radius 1 is 1.29 bits per heavy atom. The van der Waals surface area contributed by atoms with Gasteiger partial charge in [-0.1, -0.05) is 27.7 Å². The Hall–Kier alpha value is -1.04. The molecule has 0 atom stereocenters. The molecule has 0 aromatic rings. The molecular weight excluding hydrogens is 212 g/mol. The second kappa shape index (κ2) is 3.48. The van der Waals surface area contributed by atoms with Crippen LogP contribution < -0.4 is 5.32 Å². The molecule has 1 N–H and O–H groups in total. The lowest BCUT2D eigenvalue weighted by molar-refractivity contribution is -0.131. The van der Waals surface area contributed by atoms with Crippen LogP contribution in [0.15, 0.2) is 0 Å². The summed E-state index contributed by atoms with van der Waals surface area (Å²) in [6.45, 7) is 9.68. The standard InChI is InChI=1S/C14H22N2O/c1-12(2)10(13(12,3)4)8-16-11(17)14(9-15)6-5-7-14/h10H,5-8H2,1-4H3,(H,16,17). The van der Waals surface area contributed by atoms with Gasteiger partial charge in [0.1, 0.15) is 5.41 Å². The SMILES string of the molecule is CC1(C)C(CNC(=O)C2(C#N)CCC2)C1(C)C. The van der Waals surface area contributed by atoms with E-state index in [4.69, 9.17) is 5.26 Å². The molecule has 94 valence electrons. The maximum atomic E-state index is 12.0. The van der Waals surface area contributed by atoms with Gasteiger partial charge in [-0.25, -0.2) is 0 Å². The number of amides is 1. The highest BCUT2D eigenvalue weighted by molar-refractivity contribution is 5.86. The number of hydrogen-bond acceptors (Lipinski definition) is 2. The van der Waals surface area contributed by atoms with Gasteiger partial charge in [-0.3, -0.25) is 4.79 Å². The summed E-state index contributed by atoms with van der Waals surface area (Å²) in [5.74, 6) is 0.472. The van der Waals surface area contributed by atoms with E-state index in [-0.39, 0.29) is 5.91 Å². The molecule has 0 spiro atoms. The van der Waals surface area contributed by atoms with Gasteiger partial charge in [0.2, 0.25) is 5.91 Å². The quantitative estimate of drug-likeness (QED) is 0.815. The zero-order valence-corrected chi connectivity index (χ0v) is 11.3. The van der Waals surface area contributed by atoms with Gasteiger partial charge in [0.05, 0.1) is 6.07 Å². The first-order valence-corrected chi connectivity index (χ1v) is 6.47. The smallest absolute Gasteiger partial charge is 0.240 e. The van der Waals surface area contributed by atoms with Crippen LogP contribution in [0, 0.1) is 33.5 Å². The van der Waals surface area contributed by atoms with Gasteiger partial charge in [0, 0.05) is 6.54 Å². The Morgan fingerprint density at radius 3 is 2.12 bits per heavy atom. The van der Waals surface area contributed by atoms with Crippen LogP contribution in [0.25, 0.3) is 0 Å². The van der Waals surface area contributed by atoms with Crippen molar-refractivity contribution < 1.29 is 4.79 Å². The van der Waals surface area contributed by atoms with Crippen molar-refractivity contribution in [1.82, 2.24) is 5.32 Å². The molecular formula is C14H22N2O. The number of nitriles is 1. The minimum absolute atomic E-state index is 0.0512. The van der Waals surface area contributed by atoms with E-state index in [2.05, 4.69) is 39.1 Å². The summed E-state index contributed by atoms with van der Waals surface area (Å²) in [5, 5.41) is 12.1. The van der Waals surface area contributed by atoms with Gasteiger partial charge in [-0.2, -0.15) is 5.26 Å². The molecule has 2 aliphatic rings. The molecule has 17 heavy (non-hydrogen) atoms. The molecule has 3 heteroatoms. The maximum absolute atomic E-state index is 12.0. The first-order chi connectivity index (χ1) is 7.78. The van der Waals surface area contributed by atoms with E-state index >= 15 is 0 Å². The van der Waals surface area contributed by atoms with Crippen LogP contribution in [-0.4, -0.2) is 12.5 Å². The van der Waals surface area contributed by atoms with Gasteiger partial charge in [0.25, 0.3) is 0 Å². The Kier molecular flexibility index (Phi) is 2.54. The predicted octanol–water partition coefficient (Wildman–Crippen LogP) is 2.48. The molecule has 2 aliphatic carbocycles. The van der Waals surface area contributed by atoms with Gasteiger partial charge in [0.15, 0.2) is 0 Å². The minimum Gasteiger partial charge on any atom is -0.354 e. The van der Waals surface area contributed by atoms with E-state index in [1.54, 1.807) is 0 Å². The molecule has 2 fully saturated rings. The number of hydrogen-bond donors (Lipinski definition) is 1. The molecule has 3 nitrogen and oxygen atoms in total. The van der Waals surface area contributed by atoms with Crippen molar-refractivity contribution in [3.63, 3.8) is 0 Å².